The van der Waals surface area contributed by atoms with Gasteiger partial charge < -0.3 is 14.2 Å². The Hall–Kier alpha value is -2.75. The van der Waals surface area contributed by atoms with E-state index in [4.69, 9.17) is 19.2 Å². The van der Waals surface area contributed by atoms with E-state index in [1.54, 1.807) is 14.2 Å². The summed E-state index contributed by atoms with van der Waals surface area (Å²) >= 11 is 0. The van der Waals surface area contributed by atoms with Crippen molar-refractivity contribution in [2.45, 2.75) is 39.7 Å². The third-order valence-electron chi connectivity index (χ3n) is 4.86. The Labute approximate surface area is 161 Å². The van der Waals surface area contributed by atoms with Crippen LogP contribution in [0.2, 0.25) is 0 Å². The Kier molecular flexibility index (Phi) is 5.84. The van der Waals surface area contributed by atoms with Gasteiger partial charge in [0.1, 0.15) is 5.75 Å². The maximum absolute atomic E-state index is 5.96. The summed E-state index contributed by atoms with van der Waals surface area (Å²) in [6, 6.07) is 12.3. The van der Waals surface area contributed by atoms with Gasteiger partial charge in [0.15, 0.2) is 11.5 Å². The Bertz CT molecular complexity index is 936. The Morgan fingerprint density at radius 2 is 1.70 bits per heavy atom. The topological polar surface area (TPSA) is 40.6 Å². The van der Waals surface area contributed by atoms with Crippen LogP contribution >= 0.6 is 0 Å². The highest BCUT2D eigenvalue weighted by atomic mass is 16.5. The first-order chi connectivity index (χ1) is 13.0. The van der Waals surface area contributed by atoms with Crippen LogP contribution in [0.1, 0.15) is 37.1 Å². The molecule has 0 saturated heterocycles. The maximum atomic E-state index is 5.96. The highest BCUT2D eigenvalue weighted by molar-refractivity contribution is 5.90. The predicted molar refractivity (Wildman–Crippen MR) is 109 cm³/mol. The summed E-state index contributed by atoms with van der Waals surface area (Å²) in [6.45, 7) is 6.27. The number of hydrogen-bond donors (Lipinski definition) is 0. The molecule has 0 saturated carbocycles. The lowest BCUT2D eigenvalue weighted by Gasteiger charge is -2.15. The first-order valence-corrected chi connectivity index (χ1v) is 9.31. The molecule has 0 aliphatic rings. The second-order valence-electron chi connectivity index (χ2n) is 6.80. The zero-order chi connectivity index (χ0) is 19.4. The van der Waals surface area contributed by atoms with E-state index in [2.05, 4.69) is 32.9 Å². The lowest BCUT2D eigenvalue weighted by molar-refractivity contribution is 0.217. The molecule has 0 spiro atoms. The van der Waals surface area contributed by atoms with Crippen LogP contribution in [0.15, 0.2) is 42.6 Å². The average molecular weight is 365 g/mol. The van der Waals surface area contributed by atoms with Crippen molar-refractivity contribution in [1.29, 1.82) is 0 Å². The van der Waals surface area contributed by atoms with Gasteiger partial charge in [0.05, 0.1) is 26.0 Å². The highest BCUT2D eigenvalue weighted by Crippen LogP contribution is 2.35. The van der Waals surface area contributed by atoms with Gasteiger partial charge in [-0.3, -0.25) is 4.98 Å². The Morgan fingerprint density at radius 1 is 1.00 bits per heavy atom. The summed E-state index contributed by atoms with van der Waals surface area (Å²) in [5.74, 6) is 2.35. The van der Waals surface area contributed by atoms with Gasteiger partial charge in [0, 0.05) is 18.0 Å². The van der Waals surface area contributed by atoms with Crippen molar-refractivity contribution in [3.8, 4) is 17.2 Å². The smallest absolute Gasteiger partial charge is 0.161 e. The first kappa shape index (κ1) is 19.0. The molecule has 0 amide bonds. The van der Waals surface area contributed by atoms with Gasteiger partial charge >= 0.3 is 0 Å². The first-order valence-electron chi connectivity index (χ1n) is 9.31. The molecular weight excluding hydrogens is 338 g/mol. The standard InChI is InChI=1S/C23H27NO3/c1-6-16(3)27-18-9-7-8-17(10-18)11-21-20-13-23(26-5)22(25-4)12-19(20)15(2)14-24-21/h7-10,12-14,16H,6,11H2,1-5H3. The van der Waals surface area contributed by atoms with Gasteiger partial charge in [-0.15, -0.1) is 0 Å². The number of fused-ring (bicyclic) bond motifs is 1. The molecular formula is C23H27NO3. The minimum absolute atomic E-state index is 0.204. The average Bonchev–Trinajstić information content (AvgIpc) is 2.69. The molecule has 4 heteroatoms. The van der Waals surface area contributed by atoms with Crippen molar-refractivity contribution in [1.82, 2.24) is 4.98 Å². The monoisotopic (exact) mass is 365 g/mol. The zero-order valence-electron chi connectivity index (χ0n) is 16.7. The number of methoxy groups -OCH3 is 2. The summed E-state index contributed by atoms with van der Waals surface area (Å²) in [7, 11) is 3.31. The van der Waals surface area contributed by atoms with E-state index >= 15 is 0 Å². The molecule has 4 nitrogen and oxygen atoms in total. The Morgan fingerprint density at radius 3 is 2.37 bits per heavy atom. The zero-order valence-corrected chi connectivity index (χ0v) is 16.7. The molecule has 3 rings (SSSR count). The minimum Gasteiger partial charge on any atom is -0.493 e. The van der Waals surface area contributed by atoms with Gasteiger partial charge in [-0.1, -0.05) is 19.1 Å². The maximum Gasteiger partial charge on any atom is 0.161 e. The van der Waals surface area contributed by atoms with Crippen LogP contribution in [-0.2, 0) is 6.42 Å². The molecule has 1 atom stereocenters. The fourth-order valence-corrected chi connectivity index (χ4v) is 3.14. The highest BCUT2D eigenvalue weighted by Gasteiger charge is 2.13. The van der Waals surface area contributed by atoms with Crippen LogP contribution < -0.4 is 14.2 Å². The molecule has 0 N–H and O–H groups in total. The fourth-order valence-electron chi connectivity index (χ4n) is 3.14. The number of pyridine rings is 1. The van der Waals surface area contributed by atoms with E-state index < -0.39 is 0 Å². The van der Waals surface area contributed by atoms with Gasteiger partial charge in [-0.05, 0) is 61.0 Å². The molecule has 2 aromatic carbocycles. The molecule has 142 valence electrons. The summed E-state index contributed by atoms with van der Waals surface area (Å²) < 4.78 is 16.9. The number of aromatic nitrogens is 1. The minimum atomic E-state index is 0.204. The fraction of sp³-hybridized carbons (Fsp3) is 0.348. The van der Waals surface area contributed by atoms with E-state index in [1.807, 2.05) is 30.5 Å². The number of nitrogens with zero attached hydrogens (tertiary/aromatic N) is 1. The number of ether oxygens (including phenoxy) is 3. The summed E-state index contributed by atoms with van der Waals surface area (Å²) in [4.78, 5) is 4.70. The summed E-state index contributed by atoms with van der Waals surface area (Å²) in [5.41, 5.74) is 3.30. The van der Waals surface area contributed by atoms with Crippen molar-refractivity contribution >= 4 is 10.8 Å². The van der Waals surface area contributed by atoms with Gasteiger partial charge in [0.25, 0.3) is 0 Å². The molecule has 1 unspecified atom stereocenters. The van der Waals surface area contributed by atoms with Crippen molar-refractivity contribution in [2.24, 2.45) is 0 Å². The van der Waals surface area contributed by atoms with Crippen molar-refractivity contribution in [3.05, 3.63) is 59.4 Å². The van der Waals surface area contributed by atoms with Crippen LogP contribution in [0, 0.1) is 6.92 Å². The second kappa shape index (κ2) is 8.30. The van der Waals surface area contributed by atoms with Crippen LogP contribution in [0.4, 0.5) is 0 Å². The molecule has 0 aliphatic carbocycles. The van der Waals surface area contributed by atoms with E-state index in [9.17, 15) is 0 Å². The molecule has 3 aromatic rings. The van der Waals surface area contributed by atoms with Crippen molar-refractivity contribution in [3.63, 3.8) is 0 Å². The number of rotatable bonds is 7. The van der Waals surface area contributed by atoms with Crippen LogP contribution in [0.3, 0.4) is 0 Å². The van der Waals surface area contributed by atoms with E-state index in [-0.39, 0.29) is 6.10 Å². The lowest BCUT2D eigenvalue weighted by Crippen LogP contribution is -2.09. The molecule has 0 bridgehead atoms. The van der Waals surface area contributed by atoms with Crippen molar-refractivity contribution in [2.75, 3.05) is 14.2 Å². The molecule has 1 aromatic heterocycles. The SMILES string of the molecule is CCC(C)Oc1cccc(Cc2ncc(C)c3cc(OC)c(OC)cc23)c1. The largest absolute Gasteiger partial charge is 0.493 e. The third kappa shape index (κ3) is 4.16. The summed E-state index contributed by atoms with van der Waals surface area (Å²) in [6.07, 6.45) is 3.83. The third-order valence-corrected chi connectivity index (χ3v) is 4.86. The molecule has 1 heterocycles. The quantitative estimate of drug-likeness (QED) is 0.567. The van der Waals surface area contributed by atoms with Gasteiger partial charge in [-0.2, -0.15) is 0 Å². The van der Waals surface area contributed by atoms with Gasteiger partial charge in [0.2, 0.25) is 0 Å². The van der Waals surface area contributed by atoms with Crippen LogP contribution in [-0.4, -0.2) is 25.3 Å². The molecule has 0 fully saturated rings. The number of benzene rings is 2. The van der Waals surface area contributed by atoms with E-state index in [0.717, 1.165) is 46.4 Å². The lowest BCUT2D eigenvalue weighted by atomic mass is 10.0. The normalized spacial score (nSPS) is 12.0. The molecule has 27 heavy (non-hydrogen) atoms. The Balaban J connectivity index is 2.00. The van der Waals surface area contributed by atoms with Gasteiger partial charge in [-0.25, -0.2) is 0 Å². The van der Waals surface area contributed by atoms with Crippen LogP contribution in [0.25, 0.3) is 10.8 Å². The van der Waals surface area contributed by atoms with E-state index in [1.165, 1.54) is 5.56 Å². The second-order valence-corrected chi connectivity index (χ2v) is 6.80. The molecule has 0 radical (unpaired) electrons. The summed E-state index contributed by atoms with van der Waals surface area (Å²) in [5, 5.41) is 2.21. The predicted octanol–water partition coefficient (Wildman–Crippen LogP) is 5.33. The molecule has 0 aliphatic heterocycles. The number of aryl methyl sites for hydroxylation is 1. The van der Waals surface area contributed by atoms with E-state index in [0.29, 0.717) is 5.75 Å². The van der Waals surface area contributed by atoms with Crippen LogP contribution in [0.5, 0.6) is 17.2 Å². The number of hydrogen-bond acceptors (Lipinski definition) is 4. The van der Waals surface area contributed by atoms with Crippen molar-refractivity contribution < 1.29 is 14.2 Å².